The van der Waals surface area contributed by atoms with Crippen molar-refractivity contribution >= 4 is 18.9 Å². The van der Waals surface area contributed by atoms with Gasteiger partial charge in [0, 0.05) is 0 Å². The van der Waals surface area contributed by atoms with Gasteiger partial charge in [-0.2, -0.15) is 4.99 Å². The highest BCUT2D eigenvalue weighted by Crippen LogP contribution is 2.39. The minimum atomic E-state index is -0.455. The first-order chi connectivity index (χ1) is 8.80. The molecular formula is C13H17BN2O3. The predicted molar refractivity (Wildman–Crippen MR) is 73.1 cm³/mol. The molecule has 3 rings (SSSR count). The second-order valence-corrected chi connectivity index (χ2v) is 6.03. The molecule has 19 heavy (non-hydrogen) atoms. The second-order valence-electron chi connectivity index (χ2n) is 6.03. The highest BCUT2D eigenvalue weighted by Gasteiger charge is 2.54. The van der Waals surface area contributed by atoms with E-state index < -0.39 is 7.12 Å². The third-order valence-corrected chi connectivity index (χ3v) is 4.21. The summed E-state index contributed by atoms with van der Waals surface area (Å²) in [6, 6.07) is -0.541. The minimum Gasteiger partial charge on any atom is -0.400 e. The second kappa shape index (κ2) is 3.80. The van der Waals surface area contributed by atoms with Crippen LogP contribution in [0.3, 0.4) is 0 Å². The third-order valence-electron chi connectivity index (χ3n) is 4.21. The number of urea groups is 1. The summed E-state index contributed by atoms with van der Waals surface area (Å²) in [5, 5.41) is 2.82. The van der Waals surface area contributed by atoms with Crippen molar-refractivity contribution in [3.05, 3.63) is 23.7 Å². The Balaban J connectivity index is 1.89. The van der Waals surface area contributed by atoms with Crippen LogP contribution in [0.2, 0.25) is 0 Å². The van der Waals surface area contributed by atoms with E-state index in [-0.39, 0.29) is 23.3 Å². The van der Waals surface area contributed by atoms with E-state index in [1.54, 1.807) is 0 Å². The lowest BCUT2D eigenvalue weighted by Crippen LogP contribution is -2.41. The van der Waals surface area contributed by atoms with Crippen LogP contribution in [0.4, 0.5) is 4.79 Å². The molecule has 6 heteroatoms. The van der Waals surface area contributed by atoms with Crippen LogP contribution in [-0.4, -0.2) is 36.1 Å². The molecule has 1 unspecified atom stereocenters. The molecule has 100 valence electrons. The molecule has 2 heterocycles. The van der Waals surface area contributed by atoms with Gasteiger partial charge in [-0.15, -0.1) is 0 Å². The van der Waals surface area contributed by atoms with E-state index in [1.165, 1.54) is 0 Å². The van der Waals surface area contributed by atoms with Crippen LogP contribution in [0.1, 0.15) is 27.7 Å². The molecule has 2 amide bonds. The molecule has 5 nitrogen and oxygen atoms in total. The average Bonchev–Trinajstić information content (AvgIpc) is 2.75. The molecule has 3 aliphatic rings. The number of rotatable bonds is 1. The molecular weight excluding hydrogens is 243 g/mol. The first kappa shape index (κ1) is 12.6. The Bertz CT molecular complexity index is 518. The van der Waals surface area contributed by atoms with Gasteiger partial charge in [-0.25, -0.2) is 4.79 Å². The average molecular weight is 260 g/mol. The number of fused-ring (bicyclic) bond motifs is 1. The fraction of sp³-hybridized carbons (Fsp3) is 0.538. The highest BCUT2D eigenvalue weighted by molar-refractivity contribution is 6.56. The molecule has 0 aromatic carbocycles. The van der Waals surface area contributed by atoms with E-state index in [0.29, 0.717) is 0 Å². The Kier molecular flexibility index (Phi) is 2.53. The van der Waals surface area contributed by atoms with Crippen molar-refractivity contribution in [2.45, 2.75) is 44.9 Å². The molecule has 1 aliphatic carbocycles. The van der Waals surface area contributed by atoms with E-state index >= 15 is 0 Å². The first-order valence-electron chi connectivity index (χ1n) is 6.43. The third kappa shape index (κ3) is 1.86. The monoisotopic (exact) mass is 260 g/mol. The zero-order valence-electron chi connectivity index (χ0n) is 11.6. The maximum atomic E-state index is 11.4. The van der Waals surface area contributed by atoms with Gasteiger partial charge in [0.15, 0.2) is 0 Å². The van der Waals surface area contributed by atoms with E-state index in [1.807, 2.05) is 45.9 Å². The molecule has 0 bridgehead atoms. The van der Waals surface area contributed by atoms with Gasteiger partial charge >= 0.3 is 13.1 Å². The number of carbonyl (C=O) groups excluding carboxylic acids is 1. The molecule has 0 aromatic rings. The normalized spacial score (nSPS) is 30.8. The van der Waals surface area contributed by atoms with Crippen molar-refractivity contribution in [2.24, 2.45) is 4.99 Å². The zero-order chi connectivity index (χ0) is 13.8. The standard InChI is InChI=1S/C13H17BN2O3/c1-12(2)13(3,4)19-14(18-12)8-6-5-7-9-10(8)16-11(17)15-9/h5-7,10H,1-4H3,(H,16,17). The smallest absolute Gasteiger partial charge is 0.400 e. The molecule has 1 N–H and O–H groups in total. The topological polar surface area (TPSA) is 59.9 Å². The lowest BCUT2D eigenvalue weighted by Gasteiger charge is -2.32. The summed E-state index contributed by atoms with van der Waals surface area (Å²) in [4.78, 5) is 15.3. The van der Waals surface area contributed by atoms with Crippen LogP contribution >= 0.6 is 0 Å². The van der Waals surface area contributed by atoms with E-state index in [2.05, 4.69) is 10.3 Å². The van der Waals surface area contributed by atoms with E-state index in [9.17, 15) is 4.79 Å². The number of nitrogens with one attached hydrogen (secondary N) is 1. The Labute approximate surface area is 112 Å². The quantitative estimate of drug-likeness (QED) is 0.729. The summed E-state index contributed by atoms with van der Waals surface area (Å²) in [7, 11) is -0.455. The van der Waals surface area contributed by atoms with Crippen LogP contribution in [0.25, 0.3) is 0 Å². The summed E-state index contributed by atoms with van der Waals surface area (Å²) in [5.74, 6) is 0. The predicted octanol–water partition coefficient (Wildman–Crippen LogP) is 1.65. The molecule has 0 saturated carbocycles. The molecule has 1 fully saturated rings. The number of nitrogens with zero attached hydrogens (tertiary/aromatic N) is 1. The van der Waals surface area contributed by atoms with Crippen LogP contribution in [-0.2, 0) is 9.31 Å². The summed E-state index contributed by atoms with van der Waals surface area (Å²) >= 11 is 0. The van der Waals surface area contributed by atoms with Gasteiger partial charge in [-0.05, 0) is 39.2 Å². The maximum absolute atomic E-state index is 11.4. The Morgan fingerprint density at radius 2 is 1.89 bits per heavy atom. The zero-order valence-corrected chi connectivity index (χ0v) is 11.6. The van der Waals surface area contributed by atoms with Crippen LogP contribution < -0.4 is 5.32 Å². The van der Waals surface area contributed by atoms with Crippen LogP contribution in [0, 0.1) is 0 Å². The molecule has 1 atom stereocenters. The fourth-order valence-electron chi connectivity index (χ4n) is 2.35. The Hall–Kier alpha value is -1.40. The van der Waals surface area contributed by atoms with Gasteiger partial charge in [-0.1, -0.05) is 12.2 Å². The van der Waals surface area contributed by atoms with Crippen molar-refractivity contribution in [3.63, 3.8) is 0 Å². The largest absolute Gasteiger partial charge is 0.493 e. The van der Waals surface area contributed by atoms with Crippen molar-refractivity contribution in [1.29, 1.82) is 0 Å². The molecule has 2 aliphatic heterocycles. The number of carbonyl (C=O) groups is 1. The van der Waals surface area contributed by atoms with Gasteiger partial charge in [-0.3, -0.25) is 0 Å². The number of hydrogen-bond acceptors (Lipinski definition) is 3. The fourth-order valence-corrected chi connectivity index (χ4v) is 2.35. The Morgan fingerprint density at radius 1 is 1.26 bits per heavy atom. The maximum Gasteiger partial charge on any atom is 0.493 e. The summed E-state index contributed by atoms with van der Waals surface area (Å²) in [5.41, 5.74) is 0.835. The van der Waals surface area contributed by atoms with Crippen LogP contribution in [0.5, 0.6) is 0 Å². The summed E-state index contributed by atoms with van der Waals surface area (Å²) in [6.45, 7) is 8.03. The van der Waals surface area contributed by atoms with Gasteiger partial charge in [0.05, 0.1) is 23.0 Å². The summed E-state index contributed by atoms with van der Waals surface area (Å²) in [6.07, 6.45) is 5.63. The van der Waals surface area contributed by atoms with E-state index in [0.717, 1.165) is 11.2 Å². The number of amides is 2. The molecule has 1 saturated heterocycles. The summed E-state index contributed by atoms with van der Waals surface area (Å²) < 4.78 is 12.0. The number of aliphatic imine (C=N–C) groups is 1. The van der Waals surface area contributed by atoms with Crippen molar-refractivity contribution < 1.29 is 14.1 Å². The minimum absolute atomic E-state index is 0.229. The van der Waals surface area contributed by atoms with Gasteiger partial charge in [0.1, 0.15) is 0 Å². The SMILES string of the molecule is CC1(C)OB(C2=CC=CC3=NC(=O)NC23)OC1(C)C. The number of allylic oxidation sites excluding steroid dienone is 2. The van der Waals surface area contributed by atoms with Gasteiger partial charge in [0.2, 0.25) is 0 Å². The Morgan fingerprint density at radius 3 is 2.53 bits per heavy atom. The molecule has 0 spiro atoms. The molecule has 0 radical (unpaired) electrons. The lowest BCUT2D eigenvalue weighted by atomic mass is 9.71. The molecule has 0 aromatic heterocycles. The lowest BCUT2D eigenvalue weighted by molar-refractivity contribution is 0.00578. The van der Waals surface area contributed by atoms with Gasteiger partial charge in [0.25, 0.3) is 0 Å². The van der Waals surface area contributed by atoms with E-state index in [4.69, 9.17) is 9.31 Å². The first-order valence-corrected chi connectivity index (χ1v) is 6.43. The number of hydrogen-bond donors (Lipinski definition) is 1. The van der Waals surface area contributed by atoms with Crippen molar-refractivity contribution in [3.8, 4) is 0 Å². The van der Waals surface area contributed by atoms with Crippen molar-refractivity contribution in [1.82, 2.24) is 5.32 Å². The highest BCUT2D eigenvalue weighted by atomic mass is 16.7. The van der Waals surface area contributed by atoms with Crippen LogP contribution in [0.15, 0.2) is 28.7 Å². The van der Waals surface area contributed by atoms with Crippen molar-refractivity contribution in [2.75, 3.05) is 0 Å². The van der Waals surface area contributed by atoms with Gasteiger partial charge < -0.3 is 14.6 Å².